The van der Waals surface area contributed by atoms with Crippen molar-refractivity contribution in [3.63, 3.8) is 0 Å². The van der Waals surface area contributed by atoms with Crippen LogP contribution in [0, 0.1) is 0 Å². The van der Waals surface area contributed by atoms with E-state index < -0.39 is 12.0 Å². The SMILES string of the molecule is CC(=O)N[C@H](CC(=O)O)c1cnc[nH]1. The van der Waals surface area contributed by atoms with Crippen LogP contribution in [0.4, 0.5) is 0 Å². The number of amides is 1. The zero-order chi connectivity index (χ0) is 10.6. The van der Waals surface area contributed by atoms with Crippen LogP contribution in [-0.2, 0) is 9.59 Å². The number of aromatic nitrogens is 2. The first kappa shape index (κ1) is 10.2. The van der Waals surface area contributed by atoms with E-state index in [1.165, 1.54) is 19.4 Å². The van der Waals surface area contributed by atoms with E-state index in [1.807, 2.05) is 0 Å². The van der Waals surface area contributed by atoms with Crippen molar-refractivity contribution in [2.75, 3.05) is 0 Å². The number of carbonyl (C=O) groups is 2. The number of carboxylic acids is 1. The van der Waals surface area contributed by atoms with Gasteiger partial charge in [-0.1, -0.05) is 0 Å². The van der Waals surface area contributed by atoms with Crippen LogP contribution in [0.25, 0.3) is 0 Å². The van der Waals surface area contributed by atoms with Gasteiger partial charge in [-0.25, -0.2) is 4.98 Å². The Bertz CT molecular complexity index is 305. The van der Waals surface area contributed by atoms with Gasteiger partial charge >= 0.3 is 5.97 Å². The van der Waals surface area contributed by atoms with Crippen molar-refractivity contribution in [2.45, 2.75) is 19.4 Å². The lowest BCUT2D eigenvalue weighted by Crippen LogP contribution is -2.28. The van der Waals surface area contributed by atoms with E-state index in [-0.39, 0.29) is 12.3 Å². The van der Waals surface area contributed by atoms with Gasteiger partial charge in [0.25, 0.3) is 0 Å². The van der Waals surface area contributed by atoms with Gasteiger partial charge in [-0.3, -0.25) is 9.59 Å². The molecule has 0 aliphatic carbocycles. The Hall–Kier alpha value is -1.85. The van der Waals surface area contributed by atoms with Gasteiger partial charge in [0.2, 0.25) is 5.91 Å². The topological polar surface area (TPSA) is 95.1 Å². The standard InChI is InChI=1S/C8H11N3O3/c1-5(12)11-6(2-8(13)14)7-3-9-4-10-7/h3-4,6H,2H2,1H3,(H,9,10)(H,11,12)(H,13,14)/t6-/m1/s1. The van der Waals surface area contributed by atoms with Gasteiger partial charge in [0.15, 0.2) is 0 Å². The highest BCUT2D eigenvalue weighted by atomic mass is 16.4. The van der Waals surface area contributed by atoms with E-state index in [4.69, 9.17) is 5.11 Å². The van der Waals surface area contributed by atoms with E-state index in [0.29, 0.717) is 5.69 Å². The molecule has 6 nitrogen and oxygen atoms in total. The molecule has 1 heterocycles. The number of H-pyrrole nitrogens is 1. The van der Waals surface area contributed by atoms with E-state index in [0.717, 1.165) is 0 Å². The third-order valence-electron chi connectivity index (χ3n) is 1.65. The summed E-state index contributed by atoms with van der Waals surface area (Å²) < 4.78 is 0. The predicted octanol–water partition coefficient (Wildman–Crippen LogP) is 0.0616. The van der Waals surface area contributed by atoms with Crippen molar-refractivity contribution < 1.29 is 14.7 Å². The second kappa shape index (κ2) is 4.40. The minimum absolute atomic E-state index is 0.165. The molecule has 0 aromatic carbocycles. The molecule has 1 aromatic heterocycles. The highest BCUT2D eigenvalue weighted by Gasteiger charge is 2.17. The quantitative estimate of drug-likeness (QED) is 0.636. The molecule has 1 aromatic rings. The highest BCUT2D eigenvalue weighted by Crippen LogP contribution is 2.12. The summed E-state index contributed by atoms with van der Waals surface area (Å²) in [6, 6.07) is -0.549. The first-order valence-electron chi connectivity index (χ1n) is 4.06. The molecule has 0 fully saturated rings. The number of carboxylic acid groups (broad SMARTS) is 1. The molecule has 3 N–H and O–H groups in total. The van der Waals surface area contributed by atoms with Crippen molar-refractivity contribution in [1.82, 2.24) is 15.3 Å². The molecule has 0 radical (unpaired) electrons. The van der Waals surface area contributed by atoms with Crippen molar-refractivity contribution in [3.05, 3.63) is 18.2 Å². The van der Waals surface area contributed by atoms with Crippen LogP contribution in [-0.4, -0.2) is 27.0 Å². The first-order valence-corrected chi connectivity index (χ1v) is 4.06. The van der Waals surface area contributed by atoms with Gasteiger partial charge in [0.1, 0.15) is 0 Å². The summed E-state index contributed by atoms with van der Waals surface area (Å²) in [5, 5.41) is 11.1. The Labute approximate surface area is 80.4 Å². The van der Waals surface area contributed by atoms with Gasteiger partial charge in [0, 0.05) is 6.92 Å². The summed E-state index contributed by atoms with van der Waals surface area (Å²) in [5.74, 6) is -1.25. The van der Waals surface area contributed by atoms with E-state index >= 15 is 0 Å². The molecule has 6 heteroatoms. The average Bonchev–Trinajstić information content (AvgIpc) is 2.52. The molecule has 76 valence electrons. The largest absolute Gasteiger partial charge is 0.481 e. The number of imidazole rings is 1. The smallest absolute Gasteiger partial charge is 0.305 e. The normalized spacial score (nSPS) is 12.1. The van der Waals surface area contributed by atoms with Crippen LogP contribution in [0.5, 0.6) is 0 Å². The van der Waals surface area contributed by atoms with Crippen molar-refractivity contribution in [2.24, 2.45) is 0 Å². The maximum Gasteiger partial charge on any atom is 0.305 e. The minimum Gasteiger partial charge on any atom is -0.481 e. The summed E-state index contributed by atoms with van der Waals surface area (Å²) in [6.07, 6.45) is 2.76. The molecular formula is C8H11N3O3. The second-order valence-corrected chi connectivity index (χ2v) is 2.86. The number of carbonyl (C=O) groups excluding carboxylic acids is 1. The first-order chi connectivity index (χ1) is 6.59. The molecule has 0 unspecified atom stereocenters. The Morgan fingerprint density at radius 3 is 2.86 bits per heavy atom. The Balaban J connectivity index is 2.71. The highest BCUT2D eigenvalue weighted by molar-refractivity contribution is 5.75. The van der Waals surface area contributed by atoms with Crippen molar-refractivity contribution >= 4 is 11.9 Å². The zero-order valence-electron chi connectivity index (χ0n) is 7.65. The number of nitrogens with zero attached hydrogens (tertiary/aromatic N) is 1. The lowest BCUT2D eigenvalue weighted by molar-refractivity contribution is -0.137. The van der Waals surface area contributed by atoms with Crippen LogP contribution in [0.15, 0.2) is 12.5 Å². The third kappa shape index (κ3) is 2.89. The summed E-state index contributed by atoms with van der Waals surface area (Å²) in [7, 11) is 0. The molecule has 1 amide bonds. The Morgan fingerprint density at radius 2 is 2.43 bits per heavy atom. The number of nitrogens with one attached hydrogen (secondary N) is 2. The fourth-order valence-electron chi connectivity index (χ4n) is 1.12. The molecule has 1 rings (SSSR count). The average molecular weight is 197 g/mol. The van der Waals surface area contributed by atoms with Gasteiger partial charge in [0.05, 0.1) is 30.7 Å². The molecule has 0 saturated carbocycles. The fraction of sp³-hybridized carbons (Fsp3) is 0.375. The Morgan fingerprint density at radius 1 is 1.71 bits per heavy atom. The van der Waals surface area contributed by atoms with Gasteiger partial charge in [-0.15, -0.1) is 0 Å². The van der Waals surface area contributed by atoms with E-state index in [9.17, 15) is 9.59 Å². The molecule has 14 heavy (non-hydrogen) atoms. The van der Waals surface area contributed by atoms with Crippen LogP contribution in [0.3, 0.4) is 0 Å². The minimum atomic E-state index is -0.974. The fourth-order valence-corrected chi connectivity index (χ4v) is 1.12. The van der Waals surface area contributed by atoms with Gasteiger partial charge < -0.3 is 15.4 Å². The number of rotatable bonds is 4. The van der Waals surface area contributed by atoms with E-state index in [1.54, 1.807) is 0 Å². The maximum atomic E-state index is 10.8. The predicted molar refractivity (Wildman–Crippen MR) is 47.4 cm³/mol. The third-order valence-corrected chi connectivity index (χ3v) is 1.65. The van der Waals surface area contributed by atoms with Crippen molar-refractivity contribution in [3.8, 4) is 0 Å². The molecule has 0 spiro atoms. The summed E-state index contributed by atoms with van der Waals surface area (Å²) >= 11 is 0. The Kier molecular flexibility index (Phi) is 3.22. The monoisotopic (exact) mass is 197 g/mol. The van der Waals surface area contributed by atoms with Gasteiger partial charge in [-0.2, -0.15) is 0 Å². The molecule has 0 bridgehead atoms. The molecule has 1 atom stereocenters. The van der Waals surface area contributed by atoms with Crippen molar-refractivity contribution in [1.29, 1.82) is 0 Å². The zero-order valence-corrected chi connectivity index (χ0v) is 7.65. The van der Waals surface area contributed by atoms with Crippen LogP contribution >= 0.6 is 0 Å². The number of aromatic amines is 1. The molecular weight excluding hydrogens is 186 g/mol. The summed E-state index contributed by atoms with van der Waals surface area (Å²) in [6.45, 7) is 1.34. The summed E-state index contributed by atoms with van der Waals surface area (Å²) in [4.78, 5) is 27.8. The lowest BCUT2D eigenvalue weighted by atomic mass is 10.1. The van der Waals surface area contributed by atoms with Crippen LogP contribution in [0.2, 0.25) is 0 Å². The van der Waals surface area contributed by atoms with Crippen LogP contribution < -0.4 is 5.32 Å². The number of hydrogen-bond acceptors (Lipinski definition) is 3. The molecule has 0 saturated heterocycles. The number of aliphatic carboxylic acids is 1. The van der Waals surface area contributed by atoms with E-state index in [2.05, 4.69) is 15.3 Å². The van der Waals surface area contributed by atoms with Crippen LogP contribution in [0.1, 0.15) is 25.1 Å². The molecule has 0 aliphatic rings. The maximum absolute atomic E-state index is 10.8. The number of hydrogen-bond donors (Lipinski definition) is 3. The second-order valence-electron chi connectivity index (χ2n) is 2.86. The lowest BCUT2D eigenvalue weighted by Gasteiger charge is -2.13. The molecule has 0 aliphatic heterocycles. The summed E-state index contributed by atoms with van der Waals surface area (Å²) in [5.41, 5.74) is 0.586. The van der Waals surface area contributed by atoms with Gasteiger partial charge in [-0.05, 0) is 0 Å².